The summed E-state index contributed by atoms with van der Waals surface area (Å²) in [6.45, 7) is 0.102. The lowest BCUT2D eigenvalue weighted by molar-refractivity contribution is -0.139. The second-order valence-electron chi connectivity index (χ2n) is 5.08. The lowest BCUT2D eigenvalue weighted by Crippen LogP contribution is -2.48. The van der Waals surface area contributed by atoms with Crippen molar-refractivity contribution in [3.05, 3.63) is 45.5 Å². The third kappa shape index (κ3) is 3.59. The molecule has 2 heterocycles. The topological polar surface area (TPSA) is 100 Å². The predicted molar refractivity (Wildman–Crippen MR) is 82.5 cm³/mol. The zero-order valence-electron chi connectivity index (χ0n) is 12.2. The van der Waals surface area contributed by atoms with Crippen LogP contribution in [-0.2, 0) is 29.0 Å². The number of furan rings is 1. The summed E-state index contributed by atoms with van der Waals surface area (Å²) in [6, 6.07) is 5.20. The molecule has 0 unspecified atom stereocenters. The van der Waals surface area contributed by atoms with Gasteiger partial charge in [-0.25, -0.2) is 0 Å². The molecule has 0 saturated carbocycles. The quantitative estimate of drug-likeness (QED) is 0.574. The van der Waals surface area contributed by atoms with E-state index in [1.165, 1.54) is 28.0 Å². The van der Waals surface area contributed by atoms with Crippen LogP contribution >= 0.6 is 11.3 Å². The van der Waals surface area contributed by atoms with Gasteiger partial charge in [0.1, 0.15) is 5.76 Å². The number of hydrogen-bond acceptors (Lipinski definition) is 5. The number of carbonyl (C=O) groups excluding carboxylic acids is 3. The van der Waals surface area contributed by atoms with Gasteiger partial charge in [0.2, 0.25) is 0 Å². The Hall–Kier alpha value is -2.61. The summed E-state index contributed by atoms with van der Waals surface area (Å²) in [5, 5.41) is 2.39. The summed E-state index contributed by atoms with van der Waals surface area (Å²) in [6.07, 6.45) is 4.57. The smallest absolute Gasteiger partial charge is 0.327 e. The van der Waals surface area contributed by atoms with E-state index >= 15 is 0 Å². The molecule has 7 nitrogen and oxygen atoms in total. The van der Waals surface area contributed by atoms with Crippen LogP contribution in [0.1, 0.15) is 32.3 Å². The van der Waals surface area contributed by atoms with E-state index in [4.69, 9.17) is 4.42 Å². The van der Waals surface area contributed by atoms with Gasteiger partial charge >= 0.3 is 11.8 Å². The number of fused-ring (bicyclic) bond motifs is 1. The van der Waals surface area contributed by atoms with Gasteiger partial charge in [0.05, 0.1) is 17.7 Å². The van der Waals surface area contributed by atoms with Crippen LogP contribution < -0.4 is 16.2 Å². The molecule has 0 saturated heterocycles. The molecule has 120 valence electrons. The van der Waals surface area contributed by atoms with Crippen LogP contribution in [0.4, 0.5) is 0 Å². The first-order chi connectivity index (χ1) is 11.1. The van der Waals surface area contributed by atoms with Gasteiger partial charge in [-0.2, -0.15) is 0 Å². The van der Waals surface area contributed by atoms with Crippen LogP contribution in [0.2, 0.25) is 0 Å². The minimum Gasteiger partial charge on any atom is -0.467 e. The lowest BCUT2D eigenvalue weighted by atomic mass is 10.2. The first kappa shape index (κ1) is 15.3. The molecule has 23 heavy (non-hydrogen) atoms. The number of amides is 3. The minimum atomic E-state index is -0.936. The van der Waals surface area contributed by atoms with Crippen LogP contribution in [0, 0.1) is 0 Å². The van der Waals surface area contributed by atoms with Crippen LogP contribution in [0.25, 0.3) is 0 Å². The molecule has 3 amide bonds. The van der Waals surface area contributed by atoms with E-state index in [9.17, 15) is 14.4 Å². The molecule has 3 N–H and O–H groups in total. The fourth-order valence-electron chi connectivity index (χ4n) is 2.33. The SMILES string of the molecule is O=C(NCc1ccco1)C(=O)NNC(=O)c1cc2c(s1)CCC2. The van der Waals surface area contributed by atoms with E-state index in [1.807, 2.05) is 6.07 Å². The molecule has 3 rings (SSSR count). The first-order valence-electron chi connectivity index (χ1n) is 7.16. The molecule has 0 fully saturated rings. The van der Waals surface area contributed by atoms with E-state index in [2.05, 4.69) is 16.2 Å². The third-order valence-corrected chi connectivity index (χ3v) is 4.71. The Labute approximate surface area is 136 Å². The largest absolute Gasteiger partial charge is 0.467 e. The molecule has 0 atom stereocenters. The zero-order valence-corrected chi connectivity index (χ0v) is 13.0. The molecule has 0 bridgehead atoms. The van der Waals surface area contributed by atoms with Crippen molar-refractivity contribution in [2.24, 2.45) is 0 Å². The molecule has 0 spiro atoms. The van der Waals surface area contributed by atoms with Gasteiger partial charge in [0.15, 0.2) is 0 Å². The monoisotopic (exact) mass is 333 g/mol. The van der Waals surface area contributed by atoms with Crippen molar-refractivity contribution in [1.82, 2.24) is 16.2 Å². The molecular weight excluding hydrogens is 318 g/mol. The van der Waals surface area contributed by atoms with Crippen molar-refractivity contribution in [1.29, 1.82) is 0 Å². The Kier molecular flexibility index (Phi) is 4.42. The van der Waals surface area contributed by atoms with E-state index in [0.29, 0.717) is 10.6 Å². The van der Waals surface area contributed by atoms with Gasteiger partial charge in [-0.15, -0.1) is 11.3 Å². The number of thiophene rings is 1. The highest BCUT2D eigenvalue weighted by Gasteiger charge is 2.20. The van der Waals surface area contributed by atoms with E-state index in [-0.39, 0.29) is 6.54 Å². The Bertz CT molecular complexity index is 714. The Morgan fingerprint density at radius 1 is 1.17 bits per heavy atom. The number of hydrazine groups is 1. The minimum absolute atomic E-state index is 0.102. The van der Waals surface area contributed by atoms with Crippen LogP contribution in [0.15, 0.2) is 28.9 Å². The van der Waals surface area contributed by atoms with Gasteiger partial charge in [0, 0.05) is 4.88 Å². The van der Waals surface area contributed by atoms with Crippen LogP contribution in [0.5, 0.6) is 0 Å². The predicted octanol–water partition coefficient (Wildman–Crippen LogP) is 0.907. The van der Waals surface area contributed by atoms with Crippen molar-refractivity contribution in [3.63, 3.8) is 0 Å². The van der Waals surface area contributed by atoms with Crippen molar-refractivity contribution < 1.29 is 18.8 Å². The maximum Gasteiger partial charge on any atom is 0.327 e. The molecular formula is C15H15N3O4S. The van der Waals surface area contributed by atoms with Crippen molar-refractivity contribution in [3.8, 4) is 0 Å². The number of rotatable bonds is 3. The fraction of sp³-hybridized carbons (Fsp3) is 0.267. The summed E-state index contributed by atoms with van der Waals surface area (Å²) in [5.74, 6) is -1.68. The first-order valence-corrected chi connectivity index (χ1v) is 7.97. The van der Waals surface area contributed by atoms with E-state index < -0.39 is 17.7 Å². The summed E-state index contributed by atoms with van der Waals surface area (Å²) in [7, 11) is 0. The Balaban J connectivity index is 1.46. The van der Waals surface area contributed by atoms with Crippen molar-refractivity contribution >= 4 is 29.1 Å². The summed E-state index contributed by atoms with van der Waals surface area (Å²) in [5.41, 5.74) is 5.55. The summed E-state index contributed by atoms with van der Waals surface area (Å²) >= 11 is 1.42. The molecule has 0 aromatic carbocycles. The third-order valence-electron chi connectivity index (χ3n) is 3.47. The molecule has 0 aliphatic heterocycles. The molecule has 0 radical (unpaired) electrons. The van der Waals surface area contributed by atoms with Gasteiger partial charge in [-0.05, 0) is 43.0 Å². The standard InChI is InChI=1S/C15H15N3O4S/c19-13(12-7-9-3-1-5-11(9)23-12)17-18-15(21)14(20)16-8-10-4-2-6-22-10/h2,4,6-7H,1,3,5,8H2,(H,16,20)(H,17,19)(H,18,21). The van der Waals surface area contributed by atoms with Gasteiger partial charge in [-0.1, -0.05) is 0 Å². The molecule has 1 aliphatic rings. The van der Waals surface area contributed by atoms with Gasteiger partial charge < -0.3 is 9.73 Å². The molecule has 2 aromatic rings. The highest BCUT2D eigenvalue weighted by atomic mass is 32.1. The maximum absolute atomic E-state index is 12.0. The van der Waals surface area contributed by atoms with Crippen LogP contribution in [0.3, 0.4) is 0 Å². The van der Waals surface area contributed by atoms with Crippen molar-refractivity contribution in [2.75, 3.05) is 0 Å². The van der Waals surface area contributed by atoms with E-state index in [1.54, 1.807) is 12.1 Å². The average Bonchev–Trinajstić information content (AvgIpc) is 3.25. The highest BCUT2D eigenvalue weighted by molar-refractivity contribution is 7.14. The second kappa shape index (κ2) is 6.66. The average molecular weight is 333 g/mol. The van der Waals surface area contributed by atoms with Gasteiger partial charge in [0.25, 0.3) is 5.91 Å². The molecule has 1 aliphatic carbocycles. The van der Waals surface area contributed by atoms with Gasteiger partial charge in [-0.3, -0.25) is 25.2 Å². The molecule has 8 heteroatoms. The normalized spacial score (nSPS) is 12.5. The van der Waals surface area contributed by atoms with E-state index in [0.717, 1.165) is 19.3 Å². The lowest BCUT2D eigenvalue weighted by Gasteiger charge is -2.06. The fourth-order valence-corrected chi connectivity index (χ4v) is 3.48. The number of hydrogen-bond donors (Lipinski definition) is 3. The maximum atomic E-state index is 12.0. The Morgan fingerprint density at radius 3 is 2.78 bits per heavy atom. The molecule has 2 aromatic heterocycles. The summed E-state index contributed by atoms with van der Waals surface area (Å²) < 4.78 is 5.03. The van der Waals surface area contributed by atoms with Crippen molar-refractivity contribution in [2.45, 2.75) is 25.8 Å². The highest BCUT2D eigenvalue weighted by Crippen LogP contribution is 2.30. The Morgan fingerprint density at radius 2 is 2.04 bits per heavy atom. The number of nitrogens with one attached hydrogen (secondary N) is 3. The number of aryl methyl sites for hydroxylation is 2. The van der Waals surface area contributed by atoms with Crippen LogP contribution in [-0.4, -0.2) is 17.7 Å². The number of carbonyl (C=O) groups is 3. The summed E-state index contributed by atoms with van der Waals surface area (Å²) in [4.78, 5) is 36.9. The zero-order chi connectivity index (χ0) is 16.2. The second-order valence-corrected chi connectivity index (χ2v) is 6.22.